The fourth-order valence-electron chi connectivity index (χ4n) is 3.36. The first-order chi connectivity index (χ1) is 11.5. The van der Waals surface area contributed by atoms with Gasteiger partial charge in [0.1, 0.15) is 0 Å². The van der Waals surface area contributed by atoms with Crippen LogP contribution in [0.25, 0.3) is 22.0 Å². The van der Waals surface area contributed by atoms with Crippen LogP contribution in [0.2, 0.25) is 0 Å². The van der Waals surface area contributed by atoms with E-state index in [-0.39, 0.29) is 0 Å². The highest BCUT2D eigenvalue weighted by Crippen LogP contribution is 2.32. The van der Waals surface area contributed by atoms with Crippen LogP contribution in [-0.2, 0) is 19.1 Å². The van der Waals surface area contributed by atoms with E-state index in [1.807, 2.05) is 6.07 Å². The summed E-state index contributed by atoms with van der Waals surface area (Å²) in [5, 5.41) is 4.53. The molecule has 1 aliphatic heterocycles. The molecule has 0 saturated carbocycles. The van der Waals surface area contributed by atoms with Crippen LogP contribution in [0.3, 0.4) is 0 Å². The van der Waals surface area contributed by atoms with Crippen molar-refractivity contribution in [1.29, 1.82) is 0 Å². The van der Waals surface area contributed by atoms with Gasteiger partial charge in [-0.2, -0.15) is 13.2 Å². The van der Waals surface area contributed by atoms with Gasteiger partial charge in [-0.05, 0) is 41.5 Å². The van der Waals surface area contributed by atoms with Crippen molar-refractivity contribution in [2.45, 2.75) is 19.1 Å². The maximum Gasteiger partial charge on any atom is 0.416 e. The summed E-state index contributed by atoms with van der Waals surface area (Å²) in [6.07, 6.45) is -3.30. The van der Waals surface area contributed by atoms with Crippen molar-refractivity contribution in [1.82, 2.24) is 9.88 Å². The van der Waals surface area contributed by atoms with Gasteiger partial charge in [0.25, 0.3) is 0 Å². The van der Waals surface area contributed by atoms with Gasteiger partial charge >= 0.3 is 6.18 Å². The molecule has 124 valence electrons. The van der Waals surface area contributed by atoms with Gasteiger partial charge in [0, 0.05) is 42.7 Å². The average Bonchev–Trinajstić information content (AvgIpc) is 2.74. The molecule has 0 amide bonds. The highest BCUT2D eigenvalue weighted by atomic mass is 19.4. The molecule has 0 atom stereocenters. The van der Waals surface area contributed by atoms with Crippen LogP contribution in [0.1, 0.15) is 11.3 Å². The van der Waals surface area contributed by atoms with Gasteiger partial charge in [-0.3, -0.25) is 0 Å². The molecule has 0 fully saturated rings. The summed E-state index contributed by atoms with van der Waals surface area (Å²) in [4.78, 5) is 0. The Hall–Kier alpha value is -2.27. The van der Waals surface area contributed by atoms with Gasteiger partial charge in [-0.15, -0.1) is 0 Å². The molecule has 5 heteroatoms. The molecule has 0 saturated heterocycles. The highest BCUT2D eigenvalue weighted by Gasteiger charge is 2.29. The fourth-order valence-corrected chi connectivity index (χ4v) is 3.36. The predicted molar refractivity (Wildman–Crippen MR) is 88.9 cm³/mol. The quantitative estimate of drug-likeness (QED) is 0.696. The fraction of sp³-hybridized carbons (Fsp3) is 0.263. The first-order valence-electron chi connectivity index (χ1n) is 8.03. The smallest absolute Gasteiger partial charge is 0.343 e. The monoisotopic (exact) mass is 330 g/mol. The number of nitrogens with one attached hydrogen (secondary N) is 1. The number of aromatic nitrogens is 1. The highest BCUT2D eigenvalue weighted by molar-refractivity contribution is 5.86. The molecule has 4 rings (SSSR count). The second-order valence-electron chi connectivity index (χ2n) is 6.14. The maximum absolute atomic E-state index is 12.7. The van der Waals surface area contributed by atoms with Crippen molar-refractivity contribution < 1.29 is 13.2 Å². The molecule has 2 aromatic carbocycles. The van der Waals surface area contributed by atoms with Gasteiger partial charge in [0.15, 0.2) is 0 Å². The van der Waals surface area contributed by atoms with E-state index in [9.17, 15) is 13.2 Å². The van der Waals surface area contributed by atoms with E-state index in [1.165, 1.54) is 23.3 Å². The Bertz CT molecular complexity index is 876. The summed E-state index contributed by atoms with van der Waals surface area (Å²) < 4.78 is 40.4. The van der Waals surface area contributed by atoms with Crippen molar-refractivity contribution in [3.63, 3.8) is 0 Å². The van der Waals surface area contributed by atoms with Crippen molar-refractivity contribution in [3.05, 3.63) is 59.8 Å². The zero-order valence-corrected chi connectivity index (χ0v) is 13.0. The molecule has 3 aromatic rings. The molecule has 0 aliphatic carbocycles. The second-order valence-corrected chi connectivity index (χ2v) is 6.14. The molecule has 0 bridgehead atoms. The van der Waals surface area contributed by atoms with E-state index in [1.54, 1.807) is 0 Å². The summed E-state index contributed by atoms with van der Waals surface area (Å²) in [7, 11) is 0. The van der Waals surface area contributed by atoms with Crippen molar-refractivity contribution in [2.75, 3.05) is 13.1 Å². The molecule has 1 aliphatic rings. The number of fused-ring (bicyclic) bond motifs is 3. The number of hydrogen-bond donors (Lipinski definition) is 1. The Morgan fingerprint density at radius 1 is 0.875 bits per heavy atom. The Morgan fingerprint density at radius 2 is 1.62 bits per heavy atom. The second kappa shape index (κ2) is 5.67. The Kier molecular flexibility index (Phi) is 3.61. The molecule has 0 spiro atoms. The summed E-state index contributed by atoms with van der Waals surface area (Å²) in [5.74, 6) is 0. The van der Waals surface area contributed by atoms with Gasteiger partial charge in [-0.25, -0.2) is 0 Å². The van der Waals surface area contributed by atoms with E-state index in [0.717, 1.165) is 54.7 Å². The number of nitrogens with zero attached hydrogens (tertiary/aromatic N) is 1. The maximum atomic E-state index is 12.7. The van der Waals surface area contributed by atoms with E-state index in [0.29, 0.717) is 0 Å². The van der Waals surface area contributed by atoms with Gasteiger partial charge < -0.3 is 9.88 Å². The van der Waals surface area contributed by atoms with Crippen LogP contribution in [0.4, 0.5) is 13.2 Å². The number of rotatable bonds is 1. The molecular formula is C19H17F3N2. The van der Waals surface area contributed by atoms with E-state index in [4.69, 9.17) is 0 Å². The lowest BCUT2D eigenvalue weighted by atomic mass is 10.0. The van der Waals surface area contributed by atoms with Crippen LogP contribution in [0.5, 0.6) is 0 Å². The van der Waals surface area contributed by atoms with Gasteiger partial charge in [0.05, 0.1) is 5.56 Å². The number of hydrogen-bond acceptors (Lipinski definition) is 1. The summed E-state index contributed by atoms with van der Waals surface area (Å²) in [5.41, 5.74) is 3.61. The lowest BCUT2D eigenvalue weighted by Gasteiger charge is -2.09. The van der Waals surface area contributed by atoms with E-state index >= 15 is 0 Å². The zero-order chi connectivity index (χ0) is 16.7. The third-order valence-corrected chi connectivity index (χ3v) is 4.60. The summed E-state index contributed by atoms with van der Waals surface area (Å²) in [6.45, 7) is 2.87. The molecule has 2 nitrogen and oxygen atoms in total. The molecule has 2 heterocycles. The number of halogens is 3. The number of benzene rings is 2. The molecule has 0 radical (unpaired) electrons. The van der Waals surface area contributed by atoms with Gasteiger partial charge in [-0.1, -0.05) is 18.2 Å². The third-order valence-electron chi connectivity index (χ3n) is 4.60. The van der Waals surface area contributed by atoms with Crippen LogP contribution in [-0.4, -0.2) is 17.7 Å². The molecule has 0 unspecified atom stereocenters. The lowest BCUT2D eigenvalue weighted by molar-refractivity contribution is -0.137. The normalized spacial score (nSPS) is 15.3. The van der Waals surface area contributed by atoms with Gasteiger partial charge in [0.2, 0.25) is 0 Å². The van der Waals surface area contributed by atoms with Crippen molar-refractivity contribution in [3.8, 4) is 11.1 Å². The van der Waals surface area contributed by atoms with Crippen molar-refractivity contribution >= 4 is 10.9 Å². The van der Waals surface area contributed by atoms with E-state index < -0.39 is 11.7 Å². The van der Waals surface area contributed by atoms with Crippen molar-refractivity contribution in [2.24, 2.45) is 0 Å². The first-order valence-corrected chi connectivity index (χ1v) is 8.03. The first kappa shape index (κ1) is 15.3. The van der Waals surface area contributed by atoms with Crippen LogP contribution >= 0.6 is 0 Å². The summed E-state index contributed by atoms with van der Waals surface area (Å²) in [6, 6.07) is 13.7. The average molecular weight is 330 g/mol. The molecule has 1 N–H and O–H groups in total. The predicted octanol–water partition coefficient (Wildman–Crippen LogP) is 4.47. The van der Waals surface area contributed by atoms with Crippen LogP contribution in [0.15, 0.2) is 48.5 Å². The minimum atomic E-state index is -4.30. The number of alkyl halides is 3. The third kappa shape index (κ3) is 2.69. The zero-order valence-electron chi connectivity index (χ0n) is 13.0. The largest absolute Gasteiger partial charge is 0.416 e. The molecule has 24 heavy (non-hydrogen) atoms. The van der Waals surface area contributed by atoms with Crippen LogP contribution < -0.4 is 5.32 Å². The molecular weight excluding hydrogens is 313 g/mol. The minimum Gasteiger partial charge on any atom is -0.343 e. The van der Waals surface area contributed by atoms with E-state index in [2.05, 4.69) is 28.1 Å². The Balaban J connectivity index is 1.73. The lowest BCUT2D eigenvalue weighted by Crippen LogP contribution is -2.17. The summed E-state index contributed by atoms with van der Waals surface area (Å²) >= 11 is 0. The SMILES string of the molecule is FC(F)(F)c1ccc(-c2ccc3c(c2)cc2n3CCNCC2)cc1. The Morgan fingerprint density at radius 3 is 2.38 bits per heavy atom. The molecule has 1 aromatic heterocycles. The minimum absolute atomic E-state index is 0.615. The topological polar surface area (TPSA) is 17.0 Å². The van der Waals surface area contributed by atoms with Crippen LogP contribution in [0, 0.1) is 0 Å². The Labute approximate surface area is 137 Å². The standard InChI is InChI=1S/C19H17F3N2/c20-19(21,22)16-4-1-13(2-5-16)14-3-6-18-15(11-14)12-17-7-8-23-9-10-24(17)18/h1-6,11-12,23H,7-10H2.